The van der Waals surface area contributed by atoms with Crippen molar-refractivity contribution in [3.63, 3.8) is 0 Å². The highest BCUT2D eigenvalue weighted by atomic mass is 35.5. The van der Waals surface area contributed by atoms with E-state index in [0.717, 1.165) is 22.5 Å². The highest BCUT2D eigenvalue weighted by Crippen LogP contribution is 2.31. The Morgan fingerprint density at radius 3 is 2.48 bits per heavy atom. The Bertz CT molecular complexity index is 1120. The summed E-state index contributed by atoms with van der Waals surface area (Å²) in [5.41, 5.74) is 4.35. The average Bonchev–Trinajstić information content (AvgIpc) is 3.14. The molecule has 1 N–H and O–H groups in total. The zero-order valence-electron chi connectivity index (χ0n) is 16.0. The Balaban J connectivity index is 1.85. The lowest BCUT2D eigenvalue weighted by Gasteiger charge is -2.21. The molecule has 2 aromatic heterocycles. The van der Waals surface area contributed by atoms with E-state index in [2.05, 4.69) is 17.4 Å². The normalized spacial score (nSPS) is 11.9. The van der Waals surface area contributed by atoms with E-state index in [0.29, 0.717) is 17.2 Å². The van der Waals surface area contributed by atoms with Crippen LogP contribution in [0.3, 0.4) is 0 Å². The molecular weight excluding hydrogens is 384 g/mol. The van der Waals surface area contributed by atoms with Gasteiger partial charge in [-0.25, -0.2) is 4.79 Å². The van der Waals surface area contributed by atoms with E-state index in [4.69, 9.17) is 16.3 Å². The van der Waals surface area contributed by atoms with Gasteiger partial charge in [0.2, 0.25) is 0 Å². The van der Waals surface area contributed by atoms with Crippen LogP contribution in [0.2, 0.25) is 5.02 Å². The summed E-state index contributed by atoms with van der Waals surface area (Å²) in [5.74, 6) is -0.319. The van der Waals surface area contributed by atoms with Crippen molar-refractivity contribution in [3.05, 3.63) is 107 Å². The molecule has 0 radical (unpaired) electrons. The van der Waals surface area contributed by atoms with Gasteiger partial charge in [-0.15, -0.1) is 0 Å². The Morgan fingerprint density at radius 1 is 1.03 bits per heavy atom. The predicted molar refractivity (Wildman–Crippen MR) is 117 cm³/mol. The average molecular weight is 405 g/mol. The molecule has 146 valence electrons. The first-order valence-electron chi connectivity index (χ1n) is 9.51. The molecule has 0 aliphatic heterocycles. The van der Waals surface area contributed by atoms with Crippen molar-refractivity contribution >= 4 is 28.8 Å². The maximum Gasteiger partial charge on any atom is 0.340 e. The fourth-order valence-corrected chi connectivity index (χ4v) is 3.59. The van der Waals surface area contributed by atoms with Gasteiger partial charge in [-0.1, -0.05) is 48.0 Å². The van der Waals surface area contributed by atoms with Crippen LogP contribution in [0.5, 0.6) is 0 Å². The molecule has 1 atom stereocenters. The fourth-order valence-electron chi connectivity index (χ4n) is 3.46. The Labute approximate surface area is 174 Å². The molecule has 4 aromatic rings. The zero-order valence-corrected chi connectivity index (χ0v) is 16.8. The van der Waals surface area contributed by atoms with Gasteiger partial charge < -0.3 is 14.5 Å². The van der Waals surface area contributed by atoms with Crippen LogP contribution in [0.4, 0.5) is 5.69 Å². The molecule has 0 saturated heterocycles. The van der Waals surface area contributed by atoms with Crippen molar-refractivity contribution < 1.29 is 9.53 Å². The number of carbonyl (C=O) groups excluding carboxylic acids is 1. The van der Waals surface area contributed by atoms with Crippen molar-refractivity contribution in [2.75, 3.05) is 11.9 Å². The summed E-state index contributed by atoms with van der Waals surface area (Å²) < 4.78 is 7.31. The zero-order chi connectivity index (χ0) is 20.2. The topological polar surface area (TPSA) is 42.7 Å². The number of carbonyl (C=O) groups is 1. The third-order valence-electron chi connectivity index (χ3n) is 4.79. The molecule has 5 heteroatoms. The van der Waals surface area contributed by atoms with Gasteiger partial charge in [-0.2, -0.15) is 0 Å². The van der Waals surface area contributed by atoms with E-state index in [1.54, 1.807) is 0 Å². The number of anilines is 1. The molecule has 4 nitrogen and oxygen atoms in total. The summed E-state index contributed by atoms with van der Waals surface area (Å²) in [6.07, 6.45) is 1.97. The highest BCUT2D eigenvalue weighted by Gasteiger charge is 2.23. The minimum absolute atomic E-state index is 0.171. The molecule has 0 saturated carbocycles. The number of hydrogen-bond acceptors (Lipinski definition) is 3. The summed E-state index contributed by atoms with van der Waals surface area (Å²) in [6.45, 7) is 2.15. The van der Waals surface area contributed by atoms with Gasteiger partial charge in [0.15, 0.2) is 0 Å². The second kappa shape index (κ2) is 8.41. The second-order valence-corrected chi connectivity index (χ2v) is 7.09. The summed E-state index contributed by atoms with van der Waals surface area (Å²) >= 11 is 6.04. The smallest absolute Gasteiger partial charge is 0.340 e. The molecule has 4 rings (SSSR count). The Hall–Kier alpha value is -3.24. The largest absolute Gasteiger partial charge is 0.462 e. The number of benzene rings is 2. The first-order chi connectivity index (χ1) is 14.2. The second-order valence-electron chi connectivity index (χ2n) is 6.65. The van der Waals surface area contributed by atoms with Gasteiger partial charge >= 0.3 is 5.97 Å². The third-order valence-corrected chi connectivity index (χ3v) is 5.04. The molecule has 0 spiro atoms. The van der Waals surface area contributed by atoms with Gasteiger partial charge in [-0.3, -0.25) is 0 Å². The van der Waals surface area contributed by atoms with Crippen LogP contribution in [-0.4, -0.2) is 17.0 Å². The van der Waals surface area contributed by atoms with E-state index in [-0.39, 0.29) is 12.0 Å². The molecule has 0 amide bonds. The minimum atomic E-state index is -0.319. The number of nitrogens with zero attached hydrogens (tertiary/aromatic N) is 1. The number of nitrogens with one attached hydrogen (secondary N) is 1. The van der Waals surface area contributed by atoms with Crippen molar-refractivity contribution in [1.82, 2.24) is 4.40 Å². The lowest BCUT2D eigenvalue weighted by Crippen LogP contribution is -2.14. The van der Waals surface area contributed by atoms with Gasteiger partial charge in [0.25, 0.3) is 0 Å². The van der Waals surface area contributed by atoms with Crippen molar-refractivity contribution in [1.29, 1.82) is 0 Å². The highest BCUT2D eigenvalue weighted by molar-refractivity contribution is 6.30. The monoisotopic (exact) mass is 404 g/mol. The van der Waals surface area contributed by atoms with E-state index < -0.39 is 0 Å². The van der Waals surface area contributed by atoms with Crippen LogP contribution in [-0.2, 0) is 4.74 Å². The number of esters is 1. The summed E-state index contributed by atoms with van der Waals surface area (Å²) in [4.78, 5) is 12.6. The number of halogens is 1. The molecule has 2 heterocycles. The molecule has 29 heavy (non-hydrogen) atoms. The van der Waals surface area contributed by atoms with Gasteiger partial charge in [0.05, 0.1) is 29.4 Å². The number of hydrogen-bond donors (Lipinski definition) is 1. The first-order valence-corrected chi connectivity index (χ1v) is 9.89. The van der Waals surface area contributed by atoms with Crippen molar-refractivity contribution in [2.24, 2.45) is 0 Å². The molecule has 2 aromatic carbocycles. The predicted octanol–water partition coefficient (Wildman–Crippen LogP) is 5.97. The number of rotatable bonds is 6. The summed E-state index contributed by atoms with van der Waals surface area (Å²) in [7, 11) is 0. The number of aromatic nitrogens is 1. The van der Waals surface area contributed by atoms with Crippen LogP contribution in [0, 0.1) is 0 Å². The SMILES string of the molecule is CCOC(=O)c1cc([C@@H](Nc2ccc(Cl)cc2)c2ccccc2)n2ccccc12. The summed E-state index contributed by atoms with van der Waals surface area (Å²) in [5, 5.41) is 4.27. The fraction of sp³-hybridized carbons (Fsp3) is 0.125. The van der Waals surface area contributed by atoms with Gasteiger partial charge in [0.1, 0.15) is 0 Å². The van der Waals surface area contributed by atoms with Gasteiger partial charge in [-0.05, 0) is 55.0 Å². The lowest BCUT2D eigenvalue weighted by atomic mass is 10.0. The van der Waals surface area contributed by atoms with Crippen molar-refractivity contribution in [3.8, 4) is 0 Å². The molecule has 0 unspecified atom stereocenters. The quantitative estimate of drug-likeness (QED) is 0.402. The van der Waals surface area contributed by atoms with E-state index in [1.165, 1.54) is 0 Å². The maximum absolute atomic E-state index is 12.6. The Kier molecular flexibility index (Phi) is 5.54. The standard InChI is InChI=1S/C24H21ClN2O2/c1-2-29-24(28)20-16-22(27-15-7-6-10-21(20)27)23(17-8-4-3-5-9-17)26-19-13-11-18(25)12-14-19/h3-16,23,26H,2H2,1H3/t23-/m0/s1. The number of ether oxygens (including phenoxy) is 1. The minimum Gasteiger partial charge on any atom is -0.462 e. The van der Waals surface area contributed by atoms with E-state index >= 15 is 0 Å². The third kappa shape index (κ3) is 3.98. The number of fused-ring (bicyclic) bond motifs is 1. The van der Waals surface area contributed by atoms with Gasteiger partial charge in [0, 0.05) is 16.9 Å². The van der Waals surface area contributed by atoms with Crippen LogP contribution in [0.1, 0.15) is 34.6 Å². The first kappa shape index (κ1) is 19.1. The van der Waals surface area contributed by atoms with Crippen LogP contribution in [0.15, 0.2) is 85.1 Å². The van der Waals surface area contributed by atoms with Crippen LogP contribution >= 0.6 is 11.6 Å². The molecule has 0 bridgehead atoms. The van der Waals surface area contributed by atoms with Crippen LogP contribution < -0.4 is 5.32 Å². The number of pyridine rings is 1. The maximum atomic E-state index is 12.6. The van der Waals surface area contributed by atoms with Crippen LogP contribution in [0.25, 0.3) is 5.52 Å². The van der Waals surface area contributed by atoms with Crippen molar-refractivity contribution in [2.45, 2.75) is 13.0 Å². The molecule has 0 aliphatic carbocycles. The lowest BCUT2D eigenvalue weighted by molar-refractivity contribution is 0.0529. The molecular formula is C24H21ClN2O2. The van der Waals surface area contributed by atoms with E-state index in [1.807, 2.05) is 84.3 Å². The summed E-state index contributed by atoms with van der Waals surface area (Å²) in [6, 6.07) is 25.3. The molecule has 0 fully saturated rings. The van der Waals surface area contributed by atoms with E-state index in [9.17, 15) is 4.79 Å². The molecule has 0 aliphatic rings. The Morgan fingerprint density at radius 2 is 1.76 bits per heavy atom.